The molecule has 0 atom stereocenters. The van der Waals surface area contributed by atoms with Gasteiger partial charge in [-0.15, -0.1) is 11.6 Å². The van der Waals surface area contributed by atoms with E-state index < -0.39 is 0 Å². The van der Waals surface area contributed by atoms with Crippen LogP contribution in [0, 0.1) is 0 Å². The second kappa shape index (κ2) is 5.37. The maximum absolute atomic E-state index is 5.69. The van der Waals surface area contributed by atoms with Crippen molar-refractivity contribution >= 4 is 34.8 Å². The van der Waals surface area contributed by atoms with E-state index in [-0.39, 0.29) is 19.5 Å². The standard InChI is InChI=1S/C7H5Cl3.Zn/c8-4-5-1-6(9)3-7(10)2-5;/h1-3H,4H2;. The van der Waals surface area contributed by atoms with E-state index in [0.717, 1.165) is 5.56 Å². The van der Waals surface area contributed by atoms with Gasteiger partial charge >= 0.3 is 0 Å². The van der Waals surface area contributed by atoms with Crippen molar-refractivity contribution in [2.45, 2.75) is 5.88 Å². The van der Waals surface area contributed by atoms with Crippen LogP contribution >= 0.6 is 34.8 Å². The van der Waals surface area contributed by atoms with E-state index in [1.807, 2.05) is 0 Å². The first-order valence-corrected chi connectivity index (χ1v) is 4.02. The Balaban J connectivity index is 0.000001000. The largest absolute Gasteiger partial charge is 0.122 e. The molecule has 0 saturated carbocycles. The van der Waals surface area contributed by atoms with Gasteiger partial charge in [0.05, 0.1) is 0 Å². The fraction of sp³-hybridized carbons (Fsp3) is 0.143. The number of hydrogen-bond donors (Lipinski definition) is 0. The van der Waals surface area contributed by atoms with Crippen LogP contribution in [0.25, 0.3) is 0 Å². The number of halogens is 3. The van der Waals surface area contributed by atoms with Gasteiger partial charge in [0.1, 0.15) is 0 Å². The summed E-state index contributed by atoms with van der Waals surface area (Å²) >= 11 is 16.9. The average Bonchev–Trinajstić information content (AvgIpc) is 1.85. The van der Waals surface area contributed by atoms with E-state index >= 15 is 0 Å². The van der Waals surface area contributed by atoms with E-state index in [1.54, 1.807) is 18.2 Å². The number of rotatable bonds is 1. The normalized spacial score (nSPS) is 9.00. The molecule has 4 heteroatoms. The third-order valence-electron chi connectivity index (χ3n) is 1.08. The quantitative estimate of drug-likeness (QED) is 0.533. The maximum Gasteiger partial charge on any atom is 0.0475 e. The van der Waals surface area contributed by atoms with E-state index in [4.69, 9.17) is 34.8 Å². The van der Waals surface area contributed by atoms with Gasteiger partial charge in [-0.1, -0.05) is 23.2 Å². The summed E-state index contributed by atoms with van der Waals surface area (Å²) in [7, 11) is 0. The van der Waals surface area contributed by atoms with Crippen molar-refractivity contribution in [3.8, 4) is 0 Å². The average molecular weight is 261 g/mol. The smallest absolute Gasteiger partial charge is 0.0475 e. The second-order valence-corrected chi connectivity index (χ2v) is 3.05. The van der Waals surface area contributed by atoms with Gasteiger partial charge in [-0.05, 0) is 23.8 Å². The fourth-order valence-electron chi connectivity index (χ4n) is 0.688. The number of alkyl halides is 1. The predicted octanol–water partition coefficient (Wildman–Crippen LogP) is 3.73. The molecule has 0 saturated heterocycles. The van der Waals surface area contributed by atoms with Crippen LogP contribution in [0.1, 0.15) is 5.56 Å². The summed E-state index contributed by atoms with van der Waals surface area (Å²) in [6, 6.07) is 5.26. The first-order chi connectivity index (χ1) is 4.72. The molecule has 0 aliphatic rings. The Bertz CT molecular complexity index is 217. The van der Waals surface area contributed by atoms with E-state index in [9.17, 15) is 0 Å². The van der Waals surface area contributed by atoms with Crippen LogP contribution in [0.5, 0.6) is 0 Å². The van der Waals surface area contributed by atoms with E-state index in [0.29, 0.717) is 15.9 Å². The Morgan fingerprint density at radius 3 is 1.82 bits per heavy atom. The monoisotopic (exact) mass is 258 g/mol. The van der Waals surface area contributed by atoms with Gasteiger partial charge in [-0.2, -0.15) is 0 Å². The van der Waals surface area contributed by atoms with Gasteiger partial charge in [-0.25, -0.2) is 0 Å². The molecule has 0 N–H and O–H groups in total. The van der Waals surface area contributed by atoms with Gasteiger partial charge in [0, 0.05) is 35.4 Å². The molecule has 0 aliphatic carbocycles. The van der Waals surface area contributed by atoms with Gasteiger partial charge < -0.3 is 0 Å². The molecule has 0 amide bonds. The Kier molecular flexibility index (Phi) is 5.72. The SMILES string of the molecule is ClCc1cc(Cl)cc(Cl)c1.[Zn]. The van der Waals surface area contributed by atoms with Crippen molar-refractivity contribution in [3.63, 3.8) is 0 Å². The third-order valence-corrected chi connectivity index (χ3v) is 1.82. The summed E-state index contributed by atoms with van der Waals surface area (Å²) < 4.78 is 0. The zero-order valence-electron chi connectivity index (χ0n) is 5.78. The molecule has 56 valence electrons. The molecule has 1 aromatic carbocycles. The van der Waals surface area contributed by atoms with Gasteiger partial charge in [0.25, 0.3) is 0 Å². The Hall–Kier alpha value is 0.713. The summed E-state index contributed by atoms with van der Waals surface area (Å²) in [6.45, 7) is 0. The second-order valence-electron chi connectivity index (χ2n) is 1.91. The molecule has 0 radical (unpaired) electrons. The van der Waals surface area contributed by atoms with Crippen molar-refractivity contribution in [2.24, 2.45) is 0 Å². The topological polar surface area (TPSA) is 0 Å². The first-order valence-electron chi connectivity index (χ1n) is 2.73. The summed E-state index contributed by atoms with van der Waals surface area (Å²) in [4.78, 5) is 0. The molecule has 0 heterocycles. The minimum atomic E-state index is 0. The van der Waals surface area contributed by atoms with E-state index in [2.05, 4.69) is 0 Å². The van der Waals surface area contributed by atoms with Crippen molar-refractivity contribution in [1.82, 2.24) is 0 Å². The van der Waals surface area contributed by atoms with Gasteiger partial charge in [0.2, 0.25) is 0 Å². The molecule has 0 aromatic heterocycles. The molecule has 0 unspecified atom stereocenters. The van der Waals surface area contributed by atoms with Gasteiger partial charge in [-0.3, -0.25) is 0 Å². The van der Waals surface area contributed by atoms with E-state index in [1.165, 1.54) is 0 Å². The van der Waals surface area contributed by atoms with Crippen LogP contribution in [0.4, 0.5) is 0 Å². The fourth-order valence-corrected chi connectivity index (χ4v) is 1.41. The summed E-state index contributed by atoms with van der Waals surface area (Å²) in [5, 5.41) is 1.26. The summed E-state index contributed by atoms with van der Waals surface area (Å²) in [5.74, 6) is 0.445. The molecule has 1 aromatic rings. The molecule has 0 aliphatic heterocycles. The van der Waals surface area contributed by atoms with Crippen molar-refractivity contribution in [3.05, 3.63) is 33.8 Å². The molecular formula is C7H5Cl3Zn. The third kappa shape index (κ3) is 3.76. The van der Waals surface area contributed by atoms with Crippen LogP contribution in [0.15, 0.2) is 18.2 Å². The van der Waals surface area contributed by atoms with Crippen LogP contribution in [-0.2, 0) is 25.4 Å². The summed E-state index contributed by atoms with van der Waals surface area (Å²) in [6.07, 6.45) is 0. The van der Waals surface area contributed by atoms with Crippen LogP contribution in [0.2, 0.25) is 10.0 Å². The molecule has 11 heavy (non-hydrogen) atoms. The van der Waals surface area contributed by atoms with Crippen molar-refractivity contribution in [1.29, 1.82) is 0 Å². The maximum atomic E-state index is 5.69. The van der Waals surface area contributed by atoms with Crippen molar-refractivity contribution < 1.29 is 19.5 Å². The minimum absolute atomic E-state index is 0. The zero-order chi connectivity index (χ0) is 7.56. The zero-order valence-corrected chi connectivity index (χ0v) is 11.0. The Morgan fingerprint density at radius 2 is 1.45 bits per heavy atom. The van der Waals surface area contributed by atoms with Gasteiger partial charge in [0.15, 0.2) is 0 Å². The minimum Gasteiger partial charge on any atom is -0.122 e. The van der Waals surface area contributed by atoms with Crippen LogP contribution in [0.3, 0.4) is 0 Å². The molecule has 0 bridgehead atoms. The molecular weight excluding hydrogens is 256 g/mol. The number of hydrogen-bond acceptors (Lipinski definition) is 0. The predicted molar refractivity (Wildman–Crippen MR) is 46.0 cm³/mol. The molecule has 1 rings (SSSR count). The first kappa shape index (κ1) is 11.7. The molecule has 0 spiro atoms. The molecule has 0 fully saturated rings. The number of benzene rings is 1. The summed E-state index contributed by atoms with van der Waals surface area (Å²) in [5.41, 5.74) is 0.944. The van der Waals surface area contributed by atoms with Crippen LogP contribution < -0.4 is 0 Å². The molecule has 0 nitrogen and oxygen atoms in total. The Labute approximate surface area is 93.6 Å². The Morgan fingerprint density at radius 1 is 1.00 bits per heavy atom. The van der Waals surface area contributed by atoms with Crippen LogP contribution in [-0.4, -0.2) is 0 Å². The van der Waals surface area contributed by atoms with Crippen molar-refractivity contribution in [2.75, 3.05) is 0 Å².